The predicted molar refractivity (Wildman–Crippen MR) is 120 cm³/mol. The minimum absolute atomic E-state index is 0.168. The van der Waals surface area contributed by atoms with Gasteiger partial charge in [0.25, 0.3) is 5.91 Å². The maximum atomic E-state index is 13.0. The number of carbonyl (C=O) groups is 1. The maximum Gasteiger partial charge on any atom is 0.255 e. The fraction of sp³-hybridized carbons (Fsp3) is 0.208. The van der Waals surface area contributed by atoms with E-state index in [1.165, 1.54) is 10.4 Å². The smallest absolute Gasteiger partial charge is 0.255 e. The quantitative estimate of drug-likeness (QED) is 0.579. The van der Waals surface area contributed by atoms with Crippen LogP contribution in [-0.4, -0.2) is 31.7 Å². The lowest BCUT2D eigenvalue weighted by molar-refractivity contribution is 0.102. The summed E-state index contributed by atoms with van der Waals surface area (Å²) in [6.07, 6.45) is 0.640. The van der Waals surface area contributed by atoms with E-state index in [1.54, 1.807) is 38.1 Å². The molecular weight excluding hydrogens is 396 g/mol. The lowest BCUT2D eigenvalue weighted by Crippen LogP contribution is -2.30. The highest BCUT2D eigenvalue weighted by atomic mass is 32.2. The molecule has 0 saturated carbocycles. The molecule has 0 heterocycles. The first kappa shape index (κ1) is 21.7. The van der Waals surface area contributed by atoms with Crippen LogP contribution in [0.1, 0.15) is 35.3 Å². The van der Waals surface area contributed by atoms with E-state index in [4.69, 9.17) is 0 Å². The number of benzene rings is 3. The third kappa shape index (κ3) is 4.96. The number of nitrogens with zero attached hydrogens (tertiary/aromatic N) is 1. The van der Waals surface area contributed by atoms with Crippen LogP contribution < -0.4 is 5.32 Å². The Balaban J connectivity index is 1.84. The van der Waals surface area contributed by atoms with Crippen LogP contribution in [0.15, 0.2) is 83.8 Å². The van der Waals surface area contributed by atoms with Crippen molar-refractivity contribution in [2.24, 2.45) is 0 Å². The zero-order valence-corrected chi connectivity index (χ0v) is 18.0. The standard InChI is InChI=1S/C24H26N2O3S/c1-3-26(4-2)30(28,29)22-15-10-14-21(18-22)25-24(27)23-16-9-8-13-20(23)17-19-11-6-5-7-12-19/h5-16,18H,3-4,17H2,1-2H3,(H,25,27). The zero-order valence-electron chi connectivity index (χ0n) is 17.2. The molecule has 0 bridgehead atoms. The number of nitrogens with one attached hydrogen (secondary N) is 1. The van der Waals surface area contributed by atoms with Crippen LogP contribution in [0.5, 0.6) is 0 Å². The highest BCUT2D eigenvalue weighted by Gasteiger charge is 2.22. The molecule has 0 fully saturated rings. The second kappa shape index (κ2) is 9.69. The molecule has 0 spiro atoms. The molecule has 0 aliphatic rings. The summed E-state index contributed by atoms with van der Waals surface area (Å²) < 4.78 is 26.9. The molecule has 0 aromatic heterocycles. The average Bonchev–Trinajstić information content (AvgIpc) is 2.75. The van der Waals surface area contributed by atoms with E-state index in [9.17, 15) is 13.2 Å². The van der Waals surface area contributed by atoms with Gasteiger partial charge < -0.3 is 5.32 Å². The molecule has 3 aromatic rings. The minimum atomic E-state index is -3.59. The topological polar surface area (TPSA) is 66.5 Å². The molecule has 0 unspecified atom stereocenters. The van der Waals surface area contributed by atoms with Crippen LogP contribution in [0.25, 0.3) is 0 Å². The van der Waals surface area contributed by atoms with Crippen LogP contribution in [0.4, 0.5) is 5.69 Å². The van der Waals surface area contributed by atoms with Gasteiger partial charge in [-0.05, 0) is 41.8 Å². The molecule has 0 radical (unpaired) electrons. The maximum absolute atomic E-state index is 13.0. The first-order chi connectivity index (χ1) is 14.5. The zero-order chi connectivity index (χ0) is 21.6. The average molecular weight is 423 g/mol. The molecule has 0 aliphatic heterocycles. The van der Waals surface area contributed by atoms with Crippen molar-refractivity contribution in [2.45, 2.75) is 25.2 Å². The highest BCUT2D eigenvalue weighted by molar-refractivity contribution is 7.89. The summed E-state index contributed by atoms with van der Waals surface area (Å²) >= 11 is 0. The van der Waals surface area contributed by atoms with Gasteiger partial charge in [0.05, 0.1) is 4.90 Å². The molecule has 156 valence electrons. The summed E-state index contributed by atoms with van der Waals surface area (Å²) in [4.78, 5) is 13.1. The van der Waals surface area contributed by atoms with Crippen molar-refractivity contribution >= 4 is 21.6 Å². The van der Waals surface area contributed by atoms with Gasteiger partial charge in [-0.1, -0.05) is 68.4 Å². The van der Waals surface area contributed by atoms with Crippen LogP contribution in [0.2, 0.25) is 0 Å². The van der Waals surface area contributed by atoms with Crippen molar-refractivity contribution in [3.05, 3.63) is 95.6 Å². The molecular formula is C24H26N2O3S. The van der Waals surface area contributed by atoms with Crippen LogP contribution in [0, 0.1) is 0 Å². The van der Waals surface area contributed by atoms with Gasteiger partial charge in [-0.25, -0.2) is 8.42 Å². The van der Waals surface area contributed by atoms with E-state index >= 15 is 0 Å². The van der Waals surface area contributed by atoms with Crippen molar-refractivity contribution in [3.63, 3.8) is 0 Å². The van der Waals surface area contributed by atoms with Crippen LogP contribution in [-0.2, 0) is 16.4 Å². The first-order valence-corrected chi connectivity index (χ1v) is 11.4. The number of hydrogen-bond donors (Lipinski definition) is 1. The van der Waals surface area contributed by atoms with Crippen molar-refractivity contribution in [2.75, 3.05) is 18.4 Å². The third-order valence-corrected chi connectivity index (χ3v) is 6.98. The fourth-order valence-corrected chi connectivity index (χ4v) is 4.86. The number of amides is 1. The number of sulfonamides is 1. The van der Waals surface area contributed by atoms with E-state index in [0.29, 0.717) is 30.8 Å². The Morgan fingerprint density at radius 1 is 0.867 bits per heavy atom. The Morgan fingerprint density at radius 3 is 2.23 bits per heavy atom. The van der Waals surface area contributed by atoms with Gasteiger partial charge in [-0.15, -0.1) is 0 Å². The Morgan fingerprint density at radius 2 is 1.53 bits per heavy atom. The molecule has 5 nitrogen and oxygen atoms in total. The lowest BCUT2D eigenvalue weighted by Gasteiger charge is -2.19. The Bertz CT molecular complexity index is 1110. The Kier molecular flexibility index (Phi) is 7.03. The monoisotopic (exact) mass is 422 g/mol. The van der Waals surface area contributed by atoms with Gasteiger partial charge in [-0.3, -0.25) is 4.79 Å². The SMILES string of the molecule is CCN(CC)S(=O)(=O)c1cccc(NC(=O)c2ccccc2Cc2ccccc2)c1. The van der Waals surface area contributed by atoms with Gasteiger partial charge in [0, 0.05) is 24.3 Å². The number of hydrogen-bond acceptors (Lipinski definition) is 3. The van der Waals surface area contributed by atoms with Crippen LogP contribution in [0.3, 0.4) is 0 Å². The van der Waals surface area contributed by atoms with Gasteiger partial charge in [0.2, 0.25) is 10.0 Å². The fourth-order valence-electron chi connectivity index (χ4n) is 3.36. The number of carbonyl (C=O) groups excluding carboxylic acids is 1. The van der Waals surface area contributed by atoms with E-state index in [2.05, 4.69) is 5.32 Å². The van der Waals surface area contributed by atoms with Crippen molar-refractivity contribution in [3.8, 4) is 0 Å². The Hall–Kier alpha value is -2.96. The number of rotatable bonds is 8. The minimum Gasteiger partial charge on any atom is -0.322 e. The summed E-state index contributed by atoms with van der Waals surface area (Å²) in [6, 6.07) is 23.8. The molecule has 1 N–H and O–H groups in total. The third-order valence-electron chi connectivity index (χ3n) is 4.93. The van der Waals surface area contributed by atoms with Gasteiger partial charge in [-0.2, -0.15) is 4.31 Å². The summed E-state index contributed by atoms with van der Waals surface area (Å²) in [6.45, 7) is 4.39. The summed E-state index contributed by atoms with van der Waals surface area (Å²) in [7, 11) is -3.59. The van der Waals surface area contributed by atoms with Crippen molar-refractivity contribution in [1.82, 2.24) is 4.31 Å². The second-order valence-corrected chi connectivity index (χ2v) is 8.83. The van der Waals surface area contributed by atoms with Crippen molar-refractivity contribution < 1.29 is 13.2 Å². The number of anilines is 1. The van der Waals surface area contributed by atoms with E-state index in [0.717, 1.165) is 11.1 Å². The van der Waals surface area contributed by atoms with Gasteiger partial charge in [0.1, 0.15) is 0 Å². The molecule has 6 heteroatoms. The predicted octanol–water partition coefficient (Wildman–Crippen LogP) is 4.56. The summed E-state index contributed by atoms with van der Waals surface area (Å²) in [5, 5.41) is 2.85. The molecule has 3 aromatic carbocycles. The van der Waals surface area contributed by atoms with Crippen LogP contribution >= 0.6 is 0 Å². The van der Waals surface area contributed by atoms with Gasteiger partial charge >= 0.3 is 0 Å². The van der Waals surface area contributed by atoms with E-state index < -0.39 is 10.0 Å². The summed E-state index contributed by atoms with van der Waals surface area (Å²) in [5.41, 5.74) is 3.04. The molecule has 3 rings (SSSR count). The highest BCUT2D eigenvalue weighted by Crippen LogP contribution is 2.21. The van der Waals surface area contributed by atoms with E-state index in [-0.39, 0.29) is 10.8 Å². The molecule has 30 heavy (non-hydrogen) atoms. The van der Waals surface area contributed by atoms with Gasteiger partial charge in [0.15, 0.2) is 0 Å². The van der Waals surface area contributed by atoms with E-state index in [1.807, 2.05) is 48.5 Å². The molecule has 0 atom stereocenters. The molecule has 1 amide bonds. The Labute approximate surface area is 178 Å². The lowest BCUT2D eigenvalue weighted by atomic mass is 9.99. The molecule has 0 saturated heterocycles. The normalized spacial score (nSPS) is 11.4. The summed E-state index contributed by atoms with van der Waals surface area (Å²) in [5.74, 6) is -0.265. The first-order valence-electron chi connectivity index (χ1n) is 9.99. The van der Waals surface area contributed by atoms with Crippen molar-refractivity contribution in [1.29, 1.82) is 0 Å². The largest absolute Gasteiger partial charge is 0.322 e. The molecule has 0 aliphatic carbocycles. The second-order valence-electron chi connectivity index (χ2n) is 6.89.